The van der Waals surface area contributed by atoms with E-state index in [1.54, 1.807) is 37.3 Å². The molecule has 9 aromatic carbocycles. The van der Waals surface area contributed by atoms with Crippen LogP contribution in [0.15, 0.2) is 247 Å². The molecule has 21 rings (SSSR count). The third-order valence-corrected chi connectivity index (χ3v) is 28.5. The van der Waals surface area contributed by atoms with Crippen LogP contribution in [0.3, 0.4) is 0 Å². The zero-order chi connectivity index (χ0) is 103. The maximum Gasteiger partial charge on any atom is 0.341 e. The highest BCUT2D eigenvalue weighted by Crippen LogP contribution is 2.43. The summed E-state index contributed by atoms with van der Waals surface area (Å²) in [4.78, 5) is 28.4. The van der Waals surface area contributed by atoms with Crippen molar-refractivity contribution < 1.29 is 55.2 Å². The summed E-state index contributed by atoms with van der Waals surface area (Å²) in [7, 11) is 12.3. The minimum absolute atomic E-state index is 0. The summed E-state index contributed by atoms with van der Waals surface area (Å²) in [5.41, 5.74) is 53.5. The Balaban J connectivity index is 0.000000184. The first-order valence-electron chi connectivity index (χ1n) is 49.5. The molecule has 0 aliphatic heterocycles. The van der Waals surface area contributed by atoms with Crippen LogP contribution >= 0.6 is 11.3 Å². The Morgan fingerprint density at radius 1 is 0.309 bits per heavy atom. The molecule has 0 amide bonds. The number of benzene rings is 9. The van der Waals surface area contributed by atoms with E-state index in [4.69, 9.17) is 38.4 Å². The molecule has 0 aliphatic carbocycles. The molecule has 21 aromatic rings. The summed E-state index contributed by atoms with van der Waals surface area (Å²) in [5, 5.41) is 0. The van der Waals surface area contributed by atoms with Crippen LogP contribution in [-0.2, 0) is 42.3 Å². The summed E-state index contributed by atoms with van der Waals surface area (Å²) in [6, 6.07) is 63.6. The Bertz CT molecular complexity index is 8490. The number of halogens is 1. The fourth-order valence-corrected chi connectivity index (χ4v) is 20.1. The summed E-state index contributed by atoms with van der Waals surface area (Å²) in [6.45, 7) is 53.1. The predicted octanol–water partition coefficient (Wildman–Crippen LogP) is 32.6. The van der Waals surface area contributed by atoms with Crippen molar-refractivity contribution in [2.24, 2.45) is 42.3 Å². The van der Waals surface area contributed by atoms with Gasteiger partial charge in [0.05, 0.1) is 34.9 Å². The van der Waals surface area contributed by atoms with Crippen LogP contribution in [0.25, 0.3) is 168 Å². The fourth-order valence-electron chi connectivity index (χ4n) is 19.4. The lowest BCUT2D eigenvalue weighted by molar-refractivity contribution is -0.659. The molecule has 0 fully saturated rings. The van der Waals surface area contributed by atoms with Crippen LogP contribution in [-0.4, -0.2) is 29.9 Å². The maximum atomic E-state index is 13.2. The van der Waals surface area contributed by atoms with Gasteiger partial charge in [-0.1, -0.05) is 204 Å². The van der Waals surface area contributed by atoms with Gasteiger partial charge in [-0.2, -0.15) is 22.8 Å². The van der Waals surface area contributed by atoms with Crippen molar-refractivity contribution in [1.82, 2.24) is 29.9 Å². The van der Waals surface area contributed by atoms with Gasteiger partial charge >= 0.3 is 5.65 Å². The average Bonchev–Trinajstić information content (AvgIpc) is 1.59. The molecule has 774 valence electrons. The monoisotopic (exact) mass is 2020 g/mol. The lowest BCUT2D eigenvalue weighted by Gasteiger charge is -2.17. The number of rotatable bonds is 12. The average molecular weight is 2020 g/mol. The van der Waals surface area contributed by atoms with E-state index >= 15 is 0 Å². The standard InChI is InChI=1S/C28H33N2O.C22H20FN2O.C22H21N2O.C19H23N2O.C17H19N2O.C16H17N2S.6CH4/c1-16(2)21-10-9-11-22(17(3)4)25(21)28-29-26-24(31-28)12-13-30(8)27(26)23-15-18(5)14-19(6)20(23)7;1-13-11-14(2)15(3)18(12-13)21-20-19(9-10-25(21)4)26-22(24-20)16-5-7-17(23)8-6-16;1-14-12-15(2)16(3)18(13-14)21-20-19(10-11-24(21)4)25-22(23-20)17-8-6-5-7-9-17;1-11(2)19-20-17-16(22-19)7-8-21(6)18(17)15-10-12(3)9-13(4)14(15)5;1-10-8-11(2)12(3)14(9-10)17-16-15(6-7-19(17)5)20-13(4)18-16;1-10-7-11(2)12(3)13(8-10)14-5-6-15-16(18(14)4)17-9-19-15;;;;;;/h9-17H,1-8H3;5-12H,1-4H3;5-13H,1-4H3;7-11H,1-6H3;6-9H,1-5H3;5-9H,1-4H3;6*1H4/q6*+1;;;;;;/i;;;11D;;;;;;;;. The van der Waals surface area contributed by atoms with Crippen LogP contribution < -0.4 is 27.4 Å². The summed E-state index contributed by atoms with van der Waals surface area (Å²) in [6.07, 6.45) is 10.1. The van der Waals surface area contributed by atoms with Crippen LogP contribution in [0.1, 0.15) is 228 Å². The largest absolute Gasteiger partial charge is 0.440 e. The molecule has 12 heterocycles. The number of nitrogens with zero attached hydrogens (tertiary/aromatic N) is 12. The van der Waals surface area contributed by atoms with Crippen molar-refractivity contribution in [3.05, 3.63) is 353 Å². The molecular formula is C130H157FN12O5S+6. The van der Waals surface area contributed by atoms with E-state index in [0.29, 0.717) is 35.4 Å². The van der Waals surface area contributed by atoms with Crippen molar-refractivity contribution in [1.29, 1.82) is 0 Å². The van der Waals surface area contributed by atoms with Gasteiger partial charge in [0.15, 0.2) is 104 Å². The molecule has 0 radical (unpaired) electrons. The van der Waals surface area contributed by atoms with E-state index in [1.165, 1.54) is 162 Å². The second kappa shape index (κ2) is 47.9. The first-order valence-corrected chi connectivity index (χ1v) is 49.9. The molecule has 0 bridgehead atoms. The predicted molar refractivity (Wildman–Crippen MR) is 618 cm³/mol. The minimum Gasteiger partial charge on any atom is -0.440 e. The number of fused-ring (bicyclic) bond motifs is 6. The van der Waals surface area contributed by atoms with Crippen LogP contribution in [0.5, 0.6) is 0 Å². The Labute approximate surface area is 889 Å². The highest BCUT2D eigenvalue weighted by Gasteiger charge is 2.32. The SMILES string of the molecule is C.C.C.C.C.C.Cc1cc(C)c(C)c(-c2c3nc(-c4c(C(C)C)cccc4C(C)C)oc3cc[n+]2C)c1.Cc1cc(C)c(C)c(-c2c3nc(-c4ccc(F)cc4)oc3cc[n+]2C)c1.Cc1cc(C)c(C)c(-c2c3nc(-c4ccccc4)oc3cc[n+]2C)c1.Cc1cc(C)c(C)c(-c2c3nc(C)oc3cc[n+]2C)c1.Cc1cc(C)c(C)c(-c2ccc3scnc3[n+]2C)c1.[2H]C(C)(C)c1nc2c(-c3cc(C)cc(C)c3C)[n+](C)ccc2o1. The Kier molecular flexibility index (Phi) is 36.8. The zero-order valence-corrected chi connectivity index (χ0v) is 89.5. The quantitative estimate of drug-likeness (QED) is 0.107. The van der Waals surface area contributed by atoms with Crippen molar-refractivity contribution in [2.75, 3.05) is 0 Å². The Morgan fingerprint density at radius 3 is 0.960 bits per heavy atom. The fraction of sp³-hybridized carbons (Fsp3) is 0.308. The number of hydrogen-bond donors (Lipinski definition) is 0. The first kappa shape index (κ1) is 114. The number of thiazole rings is 1. The number of aromatic nitrogens is 12. The molecule has 12 aromatic heterocycles. The van der Waals surface area contributed by atoms with Gasteiger partial charge in [-0.3, -0.25) is 0 Å². The van der Waals surface area contributed by atoms with Crippen molar-refractivity contribution >= 4 is 77.2 Å². The Hall–Kier alpha value is -15.0. The molecule has 0 atom stereocenters. The summed E-state index contributed by atoms with van der Waals surface area (Å²) >= 11 is 1.68. The van der Waals surface area contributed by atoms with Crippen molar-refractivity contribution in [2.45, 2.75) is 235 Å². The van der Waals surface area contributed by atoms with Gasteiger partial charge in [0.2, 0.25) is 46.1 Å². The molecule has 17 nitrogen and oxygen atoms in total. The van der Waals surface area contributed by atoms with Gasteiger partial charge in [-0.15, -0.1) is 0 Å². The Morgan fingerprint density at radius 2 is 0.611 bits per heavy atom. The van der Waals surface area contributed by atoms with Gasteiger partial charge in [0.1, 0.15) is 51.4 Å². The molecule has 0 aliphatic rings. The molecule has 0 saturated heterocycles. The summed E-state index contributed by atoms with van der Waals surface area (Å²) < 4.78 is 65.3. The van der Waals surface area contributed by atoms with E-state index in [-0.39, 0.29) is 50.4 Å². The first-order chi connectivity index (χ1) is 68.4. The maximum absolute atomic E-state index is 13.2. The van der Waals surface area contributed by atoms with Crippen LogP contribution in [0, 0.1) is 137 Å². The van der Waals surface area contributed by atoms with E-state index in [0.717, 1.165) is 118 Å². The number of oxazole rings is 5. The number of pyridine rings is 6. The molecule has 0 unspecified atom stereocenters. The van der Waals surface area contributed by atoms with Crippen LogP contribution in [0.2, 0.25) is 0 Å². The second-order valence-corrected chi connectivity index (χ2v) is 40.5. The lowest BCUT2D eigenvalue weighted by atomic mass is 9.88. The normalized spacial score (nSPS) is 11.1. The summed E-state index contributed by atoms with van der Waals surface area (Å²) in [5.74, 6) is 2.67. The van der Waals surface area contributed by atoms with Gasteiger partial charge in [-0.05, 0) is 304 Å². The van der Waals surface area contributed by atoms with E-state index < -0.39 is 5.89 Å². The van der Waals surface area contributed by atoms with E-state index in [1.807, 2.05) is 112 Å². The molecule has 0 spiro atoms. The lowest BCUT2D eigenvalue weighted by Crippen LogP contribution is -2.32. The minimum atomic E-state index is -0.855. The molecule has 0 N–H and O–H groups in total. The highest BCUT2D eigenvalue weighted by molar-refractivity contribution is 7.16. The highest BCUT2D eigenvalue weighted by atomic mass is 32.1. The third kappa shape index (κ3) is 23.9. The second-order valence-electron chi connectivity index (χ2n) is 39.6. The van der Waals surface area contributed by atoms with E-state index in [2.05, 4.69) is 332 Å². The van der Waals surface area contributed by atoms with Crippen molar-refractivity contribution in [3.8, 4) is 102 Å². The van der Waals surface area contributed by atoms with E-state index in [9.17, 15) is 4.39 Å². The topological polar surface area (TPSA) is 166 Å². The third-order valence-electron chi connectivity index (χ3n) is 27.7. The molecule has 0 saturated carbocycles. The number of aryl methyl sites for hydroxylation is 19. The van der Waals surface area contributed by atoms with Crippen LogP contribution in [0.4, 0.5) is 4.39 Å². The van der Waals surface area contributed by atoms with Gasteiger partial charge < -0.3 is 22.1 Å². The van der Waals surface area contributed by atoms with Crippen molar-refractivity contribution in [3.63, 3.8) is 0 Å². The molecule has 19 heteroatoms. The molecular weight excluding hydrogens is 1860 g/mol. The van der Waals surface area contributed by atoms with Gasteiger partial charge in [0.25, 0.3) is 0 Å². The van der Waals surface area contributed by atoms with Gasteiger partial charge in [-0.25, -0.2) is 33.9 Å². The van der Waals surface area contributed by atoms with Gasteiger partial charge in [0, 0.05) is 66.8 Å². The zero-order valence-electron chi connectivity index (χ0n) is 89.7. The molecule has 149 heavy (non-hydrogen) atoms. The smallest absolute Gasteiger partial charge is 0.341 e. The number of hydrogen-bond acceptors (Lipinski definition) is 12.